The van der Waals surface area contributed by atoms with Crippen LogP contribution >= 0.6 is 12.2 Å². The molecule has 1 fully saturated rings. The van der Waals surface area contributed by atoms with Crippen LogP contribution < -0.4 is 0 Å². The number of hydrogen-bond acceptors (Lipinski definition) is 4. The summed E-state index contributed by atoms with van der Waals surface area (Å²) in [4.78, 5) is 2.34. The van der Waals surface area contributed by atoms with E-state index in [4.69, 9.17) is 12.2 Å². The fourth-order valence-corrected chi connectivity index (χ4v) is 3.22. The first-order valence-electron chi connectivity index (χ1n) is 7.75. The van der Waals surface area contributed by atoms with Crippen molar-refractivity contribution < 1.29 is 5.11 Å². The predicted molar refractivity (Wildman–Crippen MR) is 88.4 cm³/mol. The van der Waals surface area contributed by atoms with E-state index < -0.39 is 0 Å². The summed E-state index contributed by atoms with van der Waals surface area (Å²) in [7, 11) is 0. The third kappa shape index (κ3) is 3.29. The largest absolute Gasteiger partial charge is 0.393 e. The summed E-state index contributed by atoms with van der Waals surface area (Å²) in [6.45, 7) is 4.56. The van der Waals surface area contributed by atoms with E-state index in [9.17, 15) is 5.11 Å². The molecule has 22 heavy (non-hydrogen) atoms. The molecule has 3 rings (SSSR count). The Kier molecular flexibility index (Phi) is 4.71. The van der Waals surface area contributed by atoms with Crippen molar-refractivity contribution >= 4 is 12.2 Å². The van der Waals surface area contributed by atoms with Crippen LogP contribution in [0.25, 0.3) is 5.69 Å². The molecule has 0 bridgehead atoms. The van der Waals surface area contributed by atoms with Crippen LogP contribution in [-0.4, -0.2) is 43.5 Å². The van der Waals surface area contributed by atoms with Crippen molar-refractivity contribution in [3.05, 3.63) is 41.4 Å². The number of nitrogens with zero attached hydrogens (tertiary/aromatic N) is 4. The summed E-state index contributed by atoms with van der Waals surface area (Å²) < 4.78 is 4.51. The number of aliphatic hydroxyl groups is 1. The normalized spacial score (nSPS) is 18.5. The van der Waals surface area contributed by atoms with Crippen LogP contribution in [0.4, 0.5) is 0 Å². The maximum Gasteiger partial charge on any atom is 0.203 e. The Morgan fingerprint density at radius 2 is 1.95 bits per heavy atom. The number of likely N-dealkylation sites (tertiary alicyclic amines) is 1. The van der Waals surface area contributed by atoms with Gasteiger partial charge < -0.3 is 5.11 Å². The van der Waals surface area contributed by atoms with Gasteiger partial charge in [-0.1, -0.05) is 18.2 Å². The zero-order valence-electron chi connectivity index (χ0n) is 12.8. The van der Waals surface area contributed by atoms with Gasteiger partial charge in [0, 0.05) is 18.8 Å². The SMILES string of the molecule is CC(O)C1CCN(Cn2ncn(-c3ccccc3)c2=S)CC1. The van der Waals surface area contributed by atoms with Gasteiger partial charge in [-0.05, 0) is 50.0 Å². The Bertz CT molecular complexity index is 656. The van der Waals surface area contributed by atoms with Crippen LogP contribution in [-0.2, 0) is 6.67 Å². The van der Waals surface area contributed by atoms with Gasteiger partial charge >= 0.3 is 0 Å². The van der Waals surface area contributed by atoms with Crippen molar-refractivity contribution in [2.75, 3.05) is 13.1 Å². The minimum absolute atomic E-state index is 0.207. The lowest BCUT2D eigenvalue weighted by Gasteiger charge is -2.32. The Morgan fingerprint density at radius 3 is 2.59 bits per heavy atom. The van der Waals surface area contributed by atoms with Crippen LogP contribution in [0.3, 0.4) is 0 Å². The van der Waals surface area contributed by atoms with Gasteiger partial charge in [0.1, 0.15) is 6.33 Å². The lowest BCUT2D eigenvalue weighted by Crippen LogP contribution is -2.38. The molecule has 1 unspecified atom stereocenters. The molecule has 1 aromatic heterocycles. The Hall–Kier alpha value is -1.50. The van der Waals surface area contributed by atoms with Gasteiger partial charge in [-0.25, -0.2) is 4.68 Å². The zero-order valence-corrected chi connectivity index (χ0v) is 13.6. The van der Waals surface area contributed by atoms with Crippen LogP contribution in [0, 0.1) is 10.7 Å². The second kappa shape index (κ2) is 6.73. The molecule has 0 spiro atoms. The number of benzene rings is 1. The molecule has 1 saturated heterocycles. The van der Waals surface area contributed by atoms with Crippen molar-refractivity contribution in [3.8, 4) is 5.69 Å². The first kappa shape index (κ1) is 15.4. The van der Waals surface area contributed by atoms with Gasteiger partial charge in [-0.15, -0.1) is 0 Å². The highest BCUT2D eigenvalue weighted by Crippen LogP contribution is 2.20. The molecule has 1 aromatic carbocycles. The molecule has 0 saturated carbocycles. The molecule has 1 aliphatic rings. The van der Waals surface area contributed by atoms with E-state index in [-0.39, 0.29) is 6.10 Å². The third-order valence-electron chi connectivity index (χ3n) is 4.42. The highest BCUT2D eigenvalue weighted by atomic mass is 32.1. The predicted octanol–water partition coefficient (Wildman–Crippen LogP) is 2.45. The topological polar surface area (TPSA) is 46.2 Å². The molecular weight excluding hydrogens is 296 g/mol. The van der Waals surface area contributed by atoms with Crippen LogP contribution in [0.5, 0.6) is 0 Å². The van der Waals surface area contributed by atoms with Gasteiger partial charge in [0.15, 0.2) is 0 Å². The molecule has 0 radical (unpaired) electrons. The molecule has 2 aromatic rings. The number of rotatable bonds is 4. The average molecular weight is 318 g/mol. The zero-order chi connectivity index (χ0) is 15.5. The summed E-state index contributed by atoms with van der Waals surface area (Å²) in [6.07, 6.45) is 3.64. The molecule has 6 heteroatoms. The van der Waals surface area contributed by atoms with Gasteiger partial charge in [-0.3, -0.25) is 9.47 Å². The molecule has 118 valence electrons. The molecule has 1 N–H and O–H groups in total. The maximum absolute atomic E-state index is 9.67. The summed E-state index contributed by atoms with van der Waals surface area (Å²) in [6, 6.07) is 10.0. The number of aliphatic hydroxyl groups excluding tert-OH is 1. The lowest BCUT2D eigenvalue weighted by molar-refractivity contribution is 0.0591. The average Bonchev–Trinajstić information content (AvgIpc) is 2.90. The lowest BCUT2D eigenvalue weighted by atomic mass is 9.92. The van der Waals surface area contributed by atoms with Crippen molar-refractivity contribution in [2.24, 2.45) is 5.92 Å². The van der Waals surface area contributed by atoms with Gasteiger partial charge in [0.05, 0.1) is 12.8 Å². The number of aromatic nitrogens is 3. The van der Waals surface area contributed by atoms with Crippen molar-refractivity contribution in [1.29, 1.82) is 0 Å². The van der Waals surface area contributed by atoms with E-state index in [0.29, 0.717) is 17.4 Å². The quantitative estimate of drug-likeness (QED) is 0.880. The fraction of sp³-hybridized carbons (Fsp3) is 0.500. The van der Waals surface area contributed by atoms with Crippen molar-refractivity contribution in [3.63, 3.8) is 0 Å². The van der Waals surface area contributed by atoms with E-state index in [1.165, 1.54) is 0 Å². The Balaban J connectivity index is 1.68. The summed E-state index contributed by atoms with van der Waals surface area (Å²) in [5.74, 6) is 0.422. The molecule has 0 aliphatic carbocycles. The molecule has 5 nitrogen and oxygen atoms in total. The molecule has 0 amide bonds. The van der Waals surface area contributed by atoms with Gasteiger partial charge in [0.2, 0.25) is 4.77 Å². The second-order valence-corrected chi connectivity index (χ2v) is 6.32. The number of piperidine rings is 1. The van der Waals surface area contributed by atoms with E-state index in [0.717, 1.165) is 31.6 Å². The van der Waals surface area contributed by atoms with Gasteiger partial charge in [0.25, 0.3) is 0 Å². The summed E-state index contributed by atoms with van der Waals surface area (Å²) in [5, 5.41) is 14.1. The summed E-state index contributed by atoms with van der Waals surface area (Å²) >= 11 is 5.54. The molecular formula is C16H22N4OS. The highest BCUT2D eigenvalue weighted by Gasteiger charge is 2.23. The minimum atomic E-state index is -0.207. The van der Waals surface area contributed by atoms with E-state index in [1.54, 1.807) is 6.33 Å². The van der Waals surface area contributed by atoms with E-state index >= 15 is 0 Å². The van der Waals surface area contributed by atoms with Gasteiger partial charge in [-0.2, -0.15) is 5.10 Å². The maximum atomic E-state index is 9.67. The second-order valence-electron chi connectivity index (χ2n) is 5.96. The van der Waals surface area contributed by atoms with Crippen molar-refractivity contribution in [2.45, 2.75) is 32.5 Å². The number of hydrogen-bond donors (Lipinski definition) is 1. The Labute approximate surface area is 135 Å². The van der Waals surface area contributed by atoms with Crippen LogP contribution in [0.1, 0.15) is 19.8 Å². The smallest absolute Gasteiger partial charge is 0.203 e. The first-order valence-corrected chi connectivity index (χ1v) is 8.16. The number of para-hydroxylation sites is 1. The molecule has 2 heterocycles. The van der Waals surface area contributed by atoms with E-state index in [1.807, 2.05) is 46.5 Å². The summed E-state index contributed by atoms with van der Waals surface area (Å²) in [5.41, 5.74) is 1.03. The first-order chi connectivity index (χ1) is 10.6. The van der Waals surface area contributed by atoms with Crippen LogP contribution in [0.2, 0.25) is 0 Å². The third-order valence-corrected chi connectivity index (χ3v) is 4.82. The van der Waals surface area contributed by atoms with Crippen LogP contribution in [0.15, 0.2) is 36.7 Å². The molecule has 1 atom stereocenters. The molecule has 1 aliphatic heterocycles. The fourth-order valence-electron chi connectivity index (χ4n) is 2.97. The standard InChI is InChI=1S/C16H22N4OS/c1-13(21)14-7-9-18(10-8-14)12-20-16(22)19(11-17-20)15-5-3-2-4-6-15/h2-6,11,13-14,21H,7-10,12H2,1H3. The monoisotopic (exact) mass is 318 g/mol. The van der Waals surface area contributed by atoms with E-state index in [2.05, 4.69) is 10.00 Å². The Morgan fingerprint density at radius 1 is 1.27 bits per heavy atom. The van der Waals surface area contributed by atoms with Crippen molar-refractivity contribution in [1.82, 2.24) is 19.2 Å². The minimum Gasteiger partial charge on any atom is -0.393 e. The highest BCUT2D eigenvalue weighted by molar-refractivity contribution is 7.71.